The highest BCUT2D eigenvalue weighted by Crippen LogP contribution is 2.22. The lowest BCUT2D eigenvalue weighted by Crippen LogP contribution is -2.23. The summed E-state index contributed by atoms with van der Waals surface area (Å²) in [4.78, 5) is 12.3. The number of carbonyl (C=O) groups is 1. The van der Waals surface area contributed by atoms with E-state index in [-0.39, 0.29) is 24.0 Å². The summed E-state index contributed by atoms with van der Waals surface area (Å²) in [5.41, 5.74) is 2.11. The molecule has 168 valence electrons. The first-order valence-electron chi connectivity index (χ1n) is 10.2. The van der Waals surface area contributed by atoms with Gasteiger partial charge >= 0.3 is 0 Å². The molecule has 0 aromatic heterocycles. The van der Waals surface area contributed by atoms with Gasteiger partial charge in [-0.2, -0.15) is 0 Å². The molecule has 0 spiro atoms. The number of nitrogens with one attached hydrogen (secondary N) is 2. The molecular formula is C24H26N2O5S. The van der Waals surface area contributed by atoms with Crippen molar-refractivity contribution >= 4 is 21.6 Å². The van der Waals surface area contributed by atoms with E-state index in [4.69, 9.17) is 9.47 Å². The van der Waals surface area contributed by atoms with Crippen molar-refractivity contribution in [1.29, 1.82) is 0 Å². The summed E-state index contributed by atoms with van der Waals surface area (Å²) in [5, 5.41) is 2.74. The molecule has 1 amide bonds. The zero-order valence-corrected chi connectivity index (χ0v) is 18.8. The number of amides is 1. The van der Waals surface area contributed by atoms with Crippen molar-refractivity contribution in [2.45, 2.75) is 25.3 Å². The summed E-state index contributed by atoms with van der Waals surface area (Å²) in [6.45, 7) is 4.20. The summed E-state index contributed by atoms with van der Waals surface area (Å²) in [7, 11) is -3.67. The van der Waals surface area contributed by atoms with Crippen LogP contribution in [0.1, 0.15) is 18.1 Å². The van der Waals surface area contributed by atoms with Crippen LogP contribution in [0, 0.1) is 6.92 Å². The first-order valence-corrected chi connectivity index (χ1v) is 11.7. The molecule has 2 N–H and O–H groups in total. The quantitative estimate of drug-likeness (QED) is 0.485. The minimum atomic E-state index is -3.67. The highest BCUT2D eigenvalue weighted by Gasteiger charge is 2.16. The molecule has 0 radical (unpaired) electrons. The normalized spacial score (nSPS) is 11.1. The van der Waals surface area contributed by atoms with Gasteiger partial charge in [0.2, 0.25) is 10.0 Å². The zero-order valence-electron chi connectivity index (χ0n) is 18.0. The second-order valence-corrected chi connectivity index (χ2v) is 8.80. The molecule has 0 unspecified atom stereocenters. The molecule has 8 heteroatoms. The fraction of sp³-hybridized carbons (Fsp3) is 0.208. The van der Waals surface area contributed by atoms with Crippen molar-refractivity contribution in [2.75, 3.05) is 18.5 Å². The maximum atomic E-state index is 12.6. The van der Waals surface area contributed by atoms with Crippen LogP contribution < -0.4 is 19.5 Å². The molecule has 0 heterocycles. The number of ether oxygens (including phenoxy) is 2. The maximum absolute atomic E-state index is 12.6. The first kappa shape index (κ1) is 23.3. The van der Waals surface area contributed by atoms with Gasteiger partial charge in [-0.05, 0) is 67.4 Å². The van der Waals surface area contributed by atoms with Crippen molar-refractivity contribution in [3.63, 3.8) is 0 Å². The third-order valence-corrected chi connectivity index (χ3v) is 5.97. The van der Waals surface area contributed by atoms with Crippen LogP contribution in [0.5, 0.6) is 11.5 Å². The van der Waals surface area contributed by atoms with Crippen LogP contribution in [0.15, 0.2) is 77.7 Å². The lowest BCUT2D eigenvalue weighted by Gasteiger charge is -2.12. The predicted molar refractivity (Wildman–Crippen MR) is 123 cm³/mol. The van der Waals surface area contributed by atoms with E-state index >= 15 is 0 Å². The number of aryl methyl sites for hydroxylation is 1. The molecule has 0 atom stereocenters. The van der Waals surface area contributed by atoms with Crippen LogP contribution in [0.2, 0.25) is 0 Å². The van der Waals surface area contributed by atoms with E-state index in [0.717, 1.165) is 11.3 Å². The molecular weight excluding hydrogens is 428 g/mol. The summed E-state index contributed by atoms with van der Waals surface area (Å²) in [6, 6.07) is 20.9. The molecule has 0 bridgehead atoms. The van der Waals surface area contributed by atoms with Gasteiger partial charge in [-0.15, -0.1) is 0 Å². The number of rotatable bonds is 10. The van der Waals surface area contributed by atoms with E-state index in [2.05, 4.69) is 10.0 Å². The maximum Gasteiger partial charge on any atom is 0.262 e. The van der Waals surface area contributed by atoms with Gasteiger partial charge in [0.15, 0.2) is 6.61 Å². The summed E-state index contributed by atoms with van der Waals surface area (Å²) in [5.74, 6) is 0.842. The van der Waals surface area contributed by atoms with Gasteiger partial charge in [-0.1, -0.05) is 30.3 Å². The lowest BCUT2D eigenvalue weighted by molar-refractivity contribution is -0.118. The average molecular weight is 455 g/mol. The minimum Gasteiger partial charge on any atom is -0.494 e. The Kier molecular flexibility index (Phi) is 7.86. The summed E-state index contributed by atoms with van der Waals surface area (Å²) >= 11 is 0. The van der Waals surface area contributed by atoms with Gasteiger partial charge < -0.3 is 14.8 Å². The Morgan fingerprint density at radius 3 is 2.31 bits per heavy atom. The molecule has 32 heavy (non-hydrogen) atoms. The average Bonchev–Trinajstić information content (AvgIpc) is 2.79. The Morgan fingerprint density at radius 2 is 1.66 bits per heavy atom. The summed E-state index contributed by atoms with van der Waals surface area (Å²) < 4.78 is 38.7. The minimum absolute atomic E-state index is 0.136. The Balaban J connectivity index is 1.55. The van der Waals surface area contributed by atoms with Crippen molar-refractivity contribution in [1.82, 2.24) is 4.72 Å². The molecule has 3 aromatic carbocycles. The molecule has 3 aromatic rings. The van der Waals surface area contributed by atoms with E-state index in [0.29, 0.717) is 23.6 Å². The summed E-state index contributed by atoms with van der Waals surface area (Å²) in [6.07, 6.45) is 0. The molecule has 0 aliphatic carbocycles. The number of benzene rings is 3. The van der Waals surface area contributed by atoms with E-state index in [9.17, 15) is 13.2 Å². The molecule has 0 fully saturated rings. The Labute approximate surface area is 188 Å². The number of sulfonamides is 1. The van der Waals surface area contributed by atoms with E-state index in [1.54, 1.807) is 37.3 Å². The van der Waals surface area contributed by atoms with Crippen LogP contribution in [0.3, 0.4) is 0 Å². The Morgan fingerprint density at radius 1 is 0.938 bits per heavy atom. The van der Waals surface area contributed by atoms with E-state index in [1.807, 2.05) is 37.3 Å². The van der Waals surface area contributed by atoms with Crippen molar-refractivity contribution in [2.24, 2.45) is 0 Å². The van der Waals surface area contributed by atoms with Crippen molar-refractivity contribution < 1.29 is 22.7 Å². The molecule has 0 aliphatic rings. The van der Waals surface area contributed by atoms with E-state index < -0.39 is 10.0 Å². The van der Waals surface area contributed by atoms with Gasteiger partial charge in [0, 0.05) is 12.2 Å². The predicted octanol–water partition coefficient (Wildman–Crippen LogP) is 3.89. The van der Waals surface area contributed by atoms with Crippen molar-refractivity contribution in [3.8, 4) is 11.5 Å². The van der Waals surface area contributed by atoms with Crippen LogP contribution >= 0.6 is 0 Å². The fourth-order valence-corrected chi connectivity index (χ4v) is 4.05. The lowest BCUT2D eigenvalue weighted by atomic mass is 10.2. The molecule has 0 saturated carbocycles. The van der Waals surface area contributed by atoms with Gasteiger partial charge in [-0.3, -0.25) is 4.79 Å². The third-order valence-electron chi connectivity index (χ3n) is 4.57. The molecule has 0 saturated heterocycles. The highest BCUT2D eigenvalue weighted by atomic mass is 32.2. The monoisotopic (exact) mass is 454 g/mol. The van der Waals surface area contributed by atoms with Crippen LogP contribution in [0.25, 0.3) is 0 Å². The highest BCUT2D eigenvalue weighted by molar-refractivity contribution is 7.89. The SMILES string of the molecule is CCOc1ccc(NC(=O)COc2ccc(S(=O)(=O)NCc3ccccc3)cc2C)cc1. The first-order chi connectivity index (χ1) is 15.4. The Hall–Kier alpha value is -3.36. The molecule has 7 nitrogen and oxygen atoms in total. The Bertz CT molecular complexity index is 1150. The van der Waals surface area contributed by atoms with Gasteiger partial charge in [-0.25, -0.2) is 13.1 Å². The molecule has 0 aliphatic heterocycles. The number of anilines is 1. The standard InChI is InChI=1S/C24H26N2O5S/c1-3-30-21-11-9-20(10-12-21)26-24(27)17-31-23-14-13-22(15-18(23)2)32(28,29)25-16-19-7-5-4-6-8-19/h4-15,25H,3,16-17H2,1-2H3,(H,26,27). The number of hydrogen-bond donors (Lipinski definition) is 2. The van der Waals surface area contributed by atoms with Crippen LogP contribution in [-0.2, 0) is 21.4 Å². The van der Waals surface area contributed by atoms with E-state index in [1.165, 1.54) is 12.1 Å². The van der Waals surface area contributed by atoms with Crippen molar-refractivity contribution in [3.05, 3.63) is 83.9 Å². The topological polar surface area (TPSA) is 93.7 Å². The van der Waals surface area contributed by atoms with Gasteiger partial charge in [0.05, 0.1) is 11.5 Å². The van der Waals surface area contributed by atoms with Crippen LogP contribution in [0.4, 0.5) is 5.69 Å². The third kappa shape index (κ3) is 6.57. The fourth-order valence-electron chi connectivity index (χ4n) is 2.95. The van der Waals surface area contributed by atoms with Gasteiger partial charge in [0.1, 0.15) is 11.5 Å². The van der Waals surface area contributed by atoms with Gasteiger partial charge in [0.25, 0.3) is 5.91 Å². The second kappa shape index (κ2) is 10.8. The number of carbonyl (C=O) groups excluding carboxylic acids is 1. The van der Waals surface area contributed by atoms with Crippen LogP contribution in [-0.4, -0.2) is 27.5 Å². The largest absolute Gasteiger partial charge is 0.494 e. The zero-order chi connectivity index (χ0) is 23.0. The smallest absolute Gasteiger partial charge is 0.262 e. The molecule has 3 rings (SSSR count). The second-order valence-electron chi connectivity index (χ2n) is 7.03. The number of hydrogen-bond acceptors (Lipinski definition) is 5.